The highest BCUT2D eigenvalue weighted by atomic mass is 16.5. The van der Waals surface area contributed by atoms with Crippen LogP contribution < -0.4 is 0 Å². The molecule has 0 aliphatic rings. The van der Waals surface area contributed by atoms with Crippen molar-refractivity contribution < 1.29 is 4.74 Å². The fraction of sp³-hybridized carbons (Fsp3) is 0.667. The summed E-state index contributed by atoms with van der Waals surface area (Å²) >= 11 is 0. The Morgan fingerprint density at radius 2 is 2.27 bits per heavy atom. The van der Waals surface area contributed by atoms with Crippen LogP contribution in [0.25, 0.3) is 0 Å². The van der Waals surface area contributed by atoms with E-state index in [0.717, 1.165) is 13.0 Å². The summed E-state index contributed by atoms with van der Waals surface area (Å²) < 4.78 is 5.08. The molecule has 0 aliphatic heterocycles. The van der Waals surface area contributed by atoms with Gasteiger partial charge in [0.2, 0.25) is 0 Å². The van der Waals surface area contributed by atoms with Crippen molar-refractivity contribution in [3.63, 3.8) is 0 Å². The number of ether oxygens (including phenoxy) is 1. The van der Waals surface area contributed by atoms with E-state index in [0.29, 0.717) is 12.4 Å². The fourth-order valence-corrected chi connectivity index (χ4v) is 0.638. The Morgan fingerprint density at radius 3 is 2.82 bits per heavy atom. The van der Waals surface area contributed by atoms with Gasteiger partial charge in [-0.05, 0) is 13.3 Å². The standard InChI is InChI=1S/C9H17NO/c1-4-6-7-10-8-9(3)11-5-2/h8H,3-7H2,1-2H3. The van der Waals surface area contributed by atoms with Crippen molar-refractivity contribution in [3.8, 4) is 0 Å². The van der Waals surface area contributed by atoms with Crippen LogP contribution in [0, 0.1) is 0 Å². The van der Waals surface area contributed by atoms with E-state index in [4.69, 9.17) is 4.74 Å². The quantitative estimate of drug-likeness (QED) is 0.328. The van der Waals surface area contributed by atoms with E-state index in [1.165, 1.54) is 6.42 Å². The molecule has 0 radical (unpaired) electrons. The molecular weight excluding hydrogens is 138 g/mol. The van der Waals surface area contributed by atoms with Gasteiger partial charge in [-0.15, -0.1) is 0 Å². The molecule has 2 nitrogen and oxygen atoms in total. The predicted octanol–water partition coefficient (Wildman–Crippen LogP) is 2.41. The average molecular weight is 155 g/mol. The molecule has 0 aromatic carbocycles. The lowest BCUT2D eigenvalue weighted by Crippen LogP contribution is -1.91. The Balaban J connectivity index is 3.32. The van der Waals surface area contributed by atoms with Crippen LogP contribution in [0.3, 0.4) is 0 Å². The molecule has 11 heavy (non-hydrogen) atoms. The molecule has 0 saturated heterocycles. The first-order chi connectivity index (χ1) is 5.31. The first-order valence-corrected chi connectivity index (χ1v) is 4.12. The lowest BCUT2D eigenvalue weighted by atomic mass is 10.3. The van der Waals surface area contributed by atoms with Crippen LogP contribution in [0.5, 0.6) is 0 Å². The second-order valence-electron chi connectivity index (χ2n) is 2.29. The zero-order chi connectivity index (χ0) is 8.53. The number of allylic oxidation sites excluding steroid dienone is 1. The monoisotopic (exact) mass is 155 g/mol. The van der Waals surface area contributed by atoms with Gasteiger partial charge in [0.25, 0.3) is 0 Å². The summed E-state index contributed by atoms with van der Waals surface area (Å²) in [5.74, 6) is 0.656. The third-order valence-corrected chi connectivity index (χ3v) is 1.21. The van der Waals surface area contributed by atoms with Crippen LogP contribution in [-0.4, -0.2) is 19.4 Å². The van der Waals surface area contributed by atoms with E-state index in [2.05, 4.69) is 18.5 Å². The normalized spacial score (nSPS) is 10.4. The summed E-state index contributed by atoms with van der Waals surface area (Å²) in [4.78, 5) is 4.13. The summed E-state index contributed by atoms with van der Waals surface area (Å²) in [6.07, 6.45) is 4.01. The van der Waals surface area contributed by atoms with Crippen molar-refractivity contribution in [1.29, 1.82) is 0 Å². The van der Waals surface area contributed by atoms with Crippen LogP contribution in [0.2, 0.25) is 0 Å². The maximum atomic E-state index is 5.08. The van der Waals surface area contributed by atoms with Gasteiger partial charge in [0.1, 0.15) is 5.76 Å². The molecule has 0 saturated carbocycles. The van der Waals surface area contributed by atoms with E-state index in [9.17, 15) is 0 Å². The zero-order valence-corrected chi connectivity index (χ0v) is 7.47. The largest absolute Gasteiger partial charge is 0.493 e. The van der Waals surface area contributed by atoms with Crippen LogP contribution in [0.4, 0.5) is 0 Å². The molecule has 64 valence electrons. The van der Waals surface area contributed by atoms with E-state index < -0.39 is 0 Å². The molecule has 0 bridgehead atoms. The molecule has 0 fully saturated rings. The minimum absolute atomic E-state index is 0.656. The minimum Gasteiger partial charge on any atom is -0.493 e. The van der Waals surface area contributed by atoms with Crippen molar-refractivity contribution in [2.45, 2.75) is 26.7 Å². The molecule has 0 aromatic heterocycles. The van der Waals surface area contributed by atoms with Crippen LogP contribution >= 0.6 is 0 Å². The van der Waals surface area contributed by atoms with Gasteiger partial charge in [-0.2, -0.15) is 0 Å². The number of aliphatic imine (C=N–C) groups is 1. The first-order valence-electron chi connectivity index (χ1n) is 4.12. The van der Waals surface area contributed by atoms with Crippen molar-refractivity contribution in [2.75, 3.05) is 13.2 Å². The smallest absolute Gasteiger partial charge is 0.129 e. The van der Waals surface area contributed by atoms with Crippen molar-refractivity contribution in [1.82, 2.24) is 0 Å². The van der Waals surface area contributed by atoms with E-state index in [-0.39, 0.29) is 0 Å². The third kappa shape index (κ3) is 7.10. The van der Waals surface area contributed by atoms with Crippen LogP contribution in [0.1, 0.15) is 26.7 Å². The maximum absolute atomic E-state index is 5.08. The molecule has 0 unspecified atom stereocenters. The molecule has 0 aromatic rings. The van der Waals surface area contributed by atoms with E-state index >= 15 is 0 Å². The SMILES string of the molecule is C=C(C=NCCCC)OCC. The number of unbranched alkanes of at least 4 members (excludes halogenated alkanes) is 1. The van der Waals surface area contributed by atoms with Crippen LogP contribution in [0.15, 0.2) is 17.3 Å². The topological polar surface area (TPSA) is 21.6 Å². The van der Waals surface area contributed by atoms with Gasteiger partial charge < -0.3 is 4.74 Å². The highest BCUT2D eigenvalue weighted by Crippen LogP contribution is 1.90. The lowest BCUT2D eigenvalue weighted by Gasteiger charge is -1.98. The number of rotatable bonds is 6. The Kier molecular flexibility index (Phi) is 6.79. The molecule has 0 amide bonds. The Bertz CT molecular complexity index is 130. The summed E-state index contributed by atoms with van der Waals surface area (Å²) in [6.45, 7) is 9.29. The van der Waals surface area contributed by atoms with Gasteiger partial charge in [-0.25, -0.2) is 0 Å². The minimum atomic E-state index is 0.656. The molecule has 0 aliphatic carbocycles. The lowest BCUT2D eigenvalue weighted by molar-refractivity contribution is 0.253. The van der Waals surface area contributed by atoms with Gasteiger partial charge in [0.15, 0.2) is 0 Å². The average Bonchev–Trinajstić information content (AvgIpc) is 1.99. The Hall–Kier alpha value is -0.790. The second-order valence-corrected chi connectivity index (χ2v) is 2.29. The molecule has 2 heteroatoms. The second kappa shape index (κ2) is 7.32. The molecule has 0 atom stereocenters. The number of hydrogen-bond acceptors (Lipinski definition) is 2. The number of hydrogen-bond donors (Lipinski definition) is 0. The summed E-state index contributed by atoms with van der Waals surface area (Å²) in [7, 11) is 0. The Morgan fingerprint density at radius 1 is 1.55 bits per heavy atom. The van der Waals surface area contributed by atoms with Gasteiger partial charge >= 0.3 is 0 Å². The van der Waals surface area contributed by atoms with Gasteiger partial charge in [-0.1, -0.05) is 19.9 Å². The van der Waals surface area contributed by atoms with E-state index in [1.54, 1.807) is 6.21 Å². The summed E-state index contributed by atoms with van der Waals surface area (Å²) in [5, 5.41) is 0. The molecule has 0 heterocycles. The van der Waals surface area contributed by atoms with Gasteiger partial charge in [-0.3, -0.25) is 4.99 Å². The van der Waals surface area contributed by atoms with Crippen molar-refractivity contribution in [2.24, 2.45) is 4.99 Å². The molecular formula is C9H17NO. The summed E-state index contributed by atoms with van der Waals surface area (Å²) in [6, 6.07) is 0. The van der Waals surface area contributed by atoms with E-state index in [1.807, 2.05) is 6.92 Å². The van der Waals surface area contributed by atoms with Gasteiger partial charge in [0, 0.05) is 6.54 Å². The maximum Gasteiger partial charge on any atom is 0.129 e. The van der Waals surface area contributed by atoms with Crippen molar-refractivity contribution >= 4 is 6.21 Å². The summed E-state index contributed by atoms with van der Waals surface area (Å²) in [5.41, 5.74) is 0. The highest BCUT2D eigenvalue weighted by molar-refractivity contribution is 5.74. The fourth-order valence-electron chi connectivity index (χ4n) is 0.638. The Labute approximate surface area is 69.0 Å². The zero-order valence-electron chi connectivity index (χ0n) is 7.47. The molecule has 0 N–H and O–H groups in total. The predicted molar refractivity (Wildman–Crippen MR) is 49.0 cm³/mol. The first kappa shape index (κ1) is 10.2. The molecule has 0 spiro atoms. The van der Waals surface area contributed by atoms with Crippen molar-refractivity contribution in [3.05, 3.63) is 12.3 Å². The van der Waals surface area contributed by atoms with Crippen LogP contribution in [-0.2, 0) is 4.74 Å². The highest BCUT2D eigenvalue weighted by Gasteiger charge is 1.84. The molecule has 0 rings (SSSR count). The number of nitrogens with zero attached hydrogens (tertiary/aromatic N) is 1. The third-order valence-electron chi connectivity index (χ3n) is 1.21. The van der Waals surface area contributed by atoms with Gasteiger partial charge in [0.05, 0.1) is 12.8 Å².